The fourth-order valence-electron chi connectivity index (χ4n) is 5.76. The molecule has 222 valence electrons. The van der Waals surface area contributed by atoms with Crippen LogP contribution in [0.4, 0.5) is 15.8 Å². The van der Waals surface area contributed by atoms with Crippen LogP contribution >= 0.6 is 11.3 Å². The molecule has 0 saturated carbocycles. The Morgan fingerprint density at radius 2 is 1.73 bits per heavy atom. The standard InChI is InChI=1S/C33H21FN4O6S/c34-22-11-8-21(9-12-22)31-26-14-10-20-5-1-2-7-25(20)30(26)35-33-36(31)32(39)29(45-33)17-19-4-3-6-24(16-19)44-28-15-13-23(37(40)41)18-27(28)38(42)43/h1-9,11-13,15-18,31H,10,14H2/b29-17-. The summed E-state index contributed by atoms with van der Waals surface area (Å²) in [5.41, 5.74) is 4.18. The lowest BCUT2D eigenvalue weighted by molar-refractivity contribution is -0.394. The highest BCUT2D eigenvalue weighted by Crippen LogP contribution is 2.41. The van der Waals surface area contributed by atoms with E-state index in [1.807, 2.05) is 18.2 Å². The lowest BCUT2D eigenvalue weighted by Crippen LogP contribution is -2.38. The van der Waals surface area contributed by atoms with Gasteiger partial charge in [-0.3, -0.25) is 29.6 Å². The Bertz CT molecular complexity index is 2260. The number of non-ortho nitro benzene ring substituents is 1. The summed E-state index contributed by atoms with van der Waals surface area (Å²) in [6.45, 7) is 0. The molecule has 0 amide bonds. The maximum absolute atomic E-state index is 14.0. The first-order chi connectivity index (χ1) is 21.8. The van der Waals surface area contributed by atoms with E-state index in [9.17, 15) is 29.4 Å². The van der Waals surface area contributed by atoms with Crippen molar-refractivity contribution in [3.05, 3.63) is 165 Å². The Hall–Kier alpha value is -5.75. The average Bonchev–Trinajstić information content (AvgIpc) is 3.34. The molecule has 12 heteroatoms. The number of nitrogens with zero attached hydrogens (tertiary/aromatic N) is 4. The minimum absolute atomic E-state index is 0.160. The molecule has 0 N–H and O–H groups in total. The second kappa shape index (κ2) is 11.1. The summed E-state index contributed by atoms with van der Waals surface area (Å²) in [5.74, 6) is -0.285. The third-order valence-electron chi connectivity index (χ3n) is 7.79. The van der Waals surface area contributed by atoms with Gasteiger partial charge in [-0.25, -0.2) is 9.38 Å². The Morgan fingerprint density at radius 3 is 2.51 bits per heavy atom. The number of fused-ring (bicyclic) bond motifs is 3. The lowest BCUT2D eigenvalue weighted by atomic mass is 9.83. The fraction of sp³-hybridized carbons (Fsp3) is 0.0909. The molecule has 0 saturated heterocycles. The van der Waals surface area contributed by atoms with E-state index in [0.717, 1.165) is 41.0 Å². The number of thiazole rings is 1. The van der Waals surface area contributed by atoms with E-state index < -0.39 is 27.3 Å². The van der Waals surface area contributed by atoms with Gasteiger partial charge in [0.15, 0.2) is 4.80 Å². The molecular formula is C33H21FN4O6S. The van der Waals surface area contributed by atoms with Gasteiger partial charge in [0.1, 0.15) is 11.6 Å². The Balaban J connectivity index is 1.32. The van der Waals surface area contributed by atoms with Crippen molar-refractivity contribution < 1.29 is 19.0 Å². The normalized spacial score (nSPS) is 15.5. The van der Waals surface area contributed by atoms with Gasteiger partial charge in [-0.1, -0.05) is 59.9 Å². The first-order valence-corrected chi connectivity index (χ1v) is 14.7. The number of nitro groups is 2. The number of hydrogen-bond acceptors (Lipinski definition) is 8. The van der Waals surface area contributed by atoms with Crippen LogP contribution in [0.15, 0.2) is 106 Å². The molecule has 0 spiro atoms. The lowest BCUT2D eigenvalue weighted by Gasteiger charge is -2.30. The minimum Gasteiger partial charge on any atom is -0.450 e. The number of nitro benzene ring substituents is 2. The fourth-order valence-corrected chi connectivity index (χ4v) is 6.76. The molecular weight excluding hydrogens is 599 g/mol. The van der Waals surface area contributed by atoms with E-state index in [0.29, 0.717) is 21.3 Å². The van der Waals surface area contributed by atoms with Gasteiger partial charge in [0.25, 0.3) is 11.2 Å². The monoisotopic (exact) mass is 620 g/mol. The molecule has 2 heterocycles. The Labute approximate surface area is 257 Å². The van der Waals surface area contributed by atoms with Crippen LogP contribution < -0.4 is 19.6 Å². The van der Waals surface area contributed by atoms with Crippen LogP contribution in [0.25, 0.3) is 11.8 Å². The van der Waals surface area contributed by atoms with Crippen LogP contribution in [0.2, 0.25) is 0 Å². The van der Waals surface area contributed by atoms with E-state index in [4.69, 9.17) is 9.73 Å². The largest absolute Gasteiger partial charge is 0.450 e. The Morgan fingerprint density at radius 1 is 0.933 bits per heavy atom. The SMILES string of the molecule is O=c1/c(=C/c2cccc(Oc3ccc([N+](=O)[O-])cc3[N+](=O)[O-])c2)sc2n1C(c1ccc(F)cc1)C1=C(N=2)c2ccccc2CC1. The second-order valence-electron chi connectivity index (χ2n) is 10.5. The minimum atomic E-state index is -0.748. The van der Waals surface area contributed by atoms with Crippen LogP contribution in [0, 0.1) is 26.0 Å². The van der Waals surface area contributed by atoms with Gasteiger partial charge in [-0.15, -0.1) is 0 Å². The number of allylic oxidation sites excluding steroid dienone is 1. The molecule has 1 aliphatic carbocycles. The number of aryl methyl sites for hydroxylation is 1. The first kappa shape index (κ1) is 28.0. The average molecular weight is 621 g/mol. The highest BCUT2D eigenvalue weighted by Gasteiger charge is 2.32. The molecule has 4 aromatic carbocycles. The van der Waals surface area contributed by atoms with Crippen LogP contribution in [-0.2, 0) is 6.42 Å². The highest BCUT2D eigenvalue weighted by atomic mass is 32.1. The van der Waals surface area contributed by atoms with Crippen LogP contribution in [-0.4, -0.2) is 14.4 Å². The maximum Gasteiger partial charge on any atom is 0.318 e. The molecule has 5 aromatic rings. The molecule has 0 bridgehead atoms. The summed E-state index contributed by atoms with van der Waals surface area (Å²) in [5, 5.41) is 22.7. The quantitative estimate of drug-likeness (QED) is 0.167. The zero-order chi connectivity index (χ0) is 31.2. The van der Waals surface area contributed by atoms with Crippen molar-refractivity contribution in [1.29, 1.82) is 0 Å². The van der Waals surface area contributed by atoms with Crippen molar-refractivity contribution in [2.45, 2.75) is 18.9 Å². The molecule has 1 unspecified atom stereocenters. The predicted molar refractivity (Wildman–Crippen MR) is 165 cm³/mol. The zero-order valence-corrected chi connectivity index (χ0v) is 24.1. The van der Waals surface area contributed by atoms with Crippen LogP contribution in [0.1, 0.15) is 34.7 Å². The van der Waals surface area contributed by atoms with E-state index >= 15 is 0 Å². The molecule has 10 nitrogen and oxygen atoms in total. The number of hydrogen-bond donors (Lipinski definition) is 0. The zero-order valence-electron chi connectivity index (χ0n) is 23.3. The smallest absolute Gasteiger partial charge is 0.318 e. The third kappa shape index (κ3) is 5.10. The van der Waals surface area contributed by atoms with Crippen molar-refractivity contribution in [2.75, 3.05) is 0 Å². The summed E-state index contributed by atoms with van der Waals surface area (Å²) in [6, 6.07) is 23.6. The topological polar surface area (TPSA) is 130 Å². The number of halogens is 1. The van der Waals surface area contributed by atoms with Crippen molar-refractivity contribution in [3.63, 3.8) is 0 Å². The number of aromatic nitrogens is 1. The van der Waals surface area contributed by atoms with E-state index in [1.165, 1.54) is 35.1 Å². The van der Waals surface area contributed by atoms with Gasteiger partial charge in [0.05, 0.1) is 32.2 Å². The number of benzene rings is 4. The van der Waals surface area contributed by atoms with Gasteiger partial charge in [-0.2, -0.15) is 0 Å². The summed E-state index contributed by atoms with van der Waals surface area (Å²) in [4.78, 5) is 40.7. The van der Waals surface area contributed by atoms with Gasteiger partial charge in [0.2, 0.25) is 5.75 Å². The summed E-state index contributed by atoms with van der Waals surface area (Å²) in [6.07, 6.45) is 3.20. The Kier molecular flexibility index (Phi) is 6.90. The summed E-state index contributed by atoms with van der Waals surface area (Å²) < 4.78 is 21.7. The predicted octanol–water partition coefficient (Wildman–Crippen LogP) is 6.07. The molecule has 45 heavy (non-hydrogen) atoms. The number of ether oxygens (including phenoxy) is 1. The molecule has 7 rings (SSSR count). The first-order valence-electron chi connectivity index (χ1n) is 13.9. The number of rotatable bonds is 6. The van der Waals surface area contributed by atoms with Gasteiger partial charge in [0, 0.05) is 11.6 Å². The van der Waals surface area contributed by atoms with Crippen LogP contribution in [0.5, 0.6) is 11.5 Å². The molecule has 0 fully saturated rings. The molecule has 1 aromatic heterocycles. The molecule has 0 radical (unpaired) electrons. The van der Waals surface area contributed by atoms with E-state index in [1.54, 1.807) is 47.0 Å². The van der Waals surface area contributed by atoms with Gasteiger partial charge in [-0.05, 0) is 71.5 Å². The van der Waals surface area contributed by atoms with E-state index in [-0.39, 0.29) is 22.9 Å². The van der Waals surface area contributed by atoms with Gasteiger partial charge >= 0.3 is 5.69 Å². The molecule has 1 aliphatic heterocycles. The molecule has 2 aliphatic rings. The summed E-state index contributed by atoms with van der Waals surface area (Å²) in [7, 11) is 0. The van der Waals surface area contributed by atoms with Crippen molar-refractivity contribution in [1.82, 2.24) is 4.57 Å². The third-order valence-corrected chi connectivity index (χ3v) is 8.78. The highest BCUT2D eigenvalue weighted by molar-refractivity contribution is 7.07. The van der Waals surface area contributed by atoms with E-state index in [2.05, 4.69) is 6.07 Å². The van der Waals surface area contributed by atoms with Crippen molar-refractivity contribution in [2.24, 2.45) is 4.99 Å². The molecule has 1 atom stereocenters. The summed E-state index contributed by atoms with van der Waals surface area (Å²) >= 11 is 1.24. The van der Waals surface area contributed by atoms with Crippen molar-refractivity contribution in [3.8, 4) is 11.5 Å². The van der Waals surface area contributed by atoms with Gasteiger partial charge < -0.3 is 4.74 Å². The van der Waals surface area contributed by atoms with Crippen molar-refractivity contribution >= 4 is 34.5 Å². The second-order valence-corrected chi connectivity index (χ2v) is 11.5. The maximum atomic E-state index is 14.0. The van der Waals surface area contributed by atoms with Crippen LogP contribution in [0.3, 0.4) is 0 Å².